The zero-order chi connectivity index (χ0) is 12.3. The maximum absolute atomic E-state index is 12.2. The maximum atomic E-state index is 12.2. The van der Waals surface area contributed by atoms with Crippen molar-refractivity contribution in [2.24, 2.45) is 0 Å². The summed E-state index contributed by atoms with van der Waals surface area (Å²) in [4.78, 5) is 16.4. The second-order valence-corrected chi connectivity index (χ2v) is 4.65. The van der Waals surface area contributed by atoms with Crippen molar-refractivity contribution in [3.63, 3.8) is 0 Å². The van der Waals surface area contributed by atoms with Crippen LogP contribution in [0.5, 0.6) is 0 Å². The molecule has 2 rings (SSSR count). The number of pyridine rings is 1. The van der Waals surface area contributed by atoms with Gasteiger partial charge in [-0.05, 0) is 33.6 Å². The van der Waals surface area contributed by atoms with Gasteiger partial charge in [0.05, 0.1) is 0 Å². The van der Waals surface area contributed by atoms with E-state index in [1.807, 2.05) is 49.4 Å². The zero-order valence-corrected chi connectivity index (χ0v) is 11.0. The Morgan fingerprint density at radius 2 is 1.82 bits per heavy atom. The van der Waals surface area contributed by atoms with Gasteiger partial charge >= 0.3 is 0 Å². The smallest absolute Gasteiger partial charge is 0.188 e. The number of carbonyl (C=O) groups excluding carboxylic acids is 1. The number of carbonyl (C=O) groups is 1. The predicted octanol–water partition coefficient (Wildman–Crippen LogP) is 3.83. The number of nitrogens with zero attached hydrogens (tertiary/aromatic N) is 1. The Hall–Kier alpha value is -1.48. The largest absolute Gasteiger partial charge is 0.292 e. The molecule has 0 aliphatic heterocycles. The van der Waals surface area contributed by atoms with Crippen LogP contribution < -0.4 is 0 Å². The summed E-state index contributed by atoms with van der Waals surface area (Å²) in [6.45, 7) is 1.90. The molecule has 3 heteroatoms. The molecule has 0 saturated heterocycles. The SMILES string of the molecule is C[C@@H](C(=O)c1cccc(Br)n1)c1ccccc1. The van der Waals surface area contributed by atoms with Gasteiger partial charge in [-0.2, -0.15) is 0 Å². The number of Topliss-reactive ketones (excluding diaryl/α,β-unsaturated/α-hetero) is 1. The second kappa shape index (κ2) is 5.23. The summed E-state index contributed by atoms with van der Waals surface area (Å²) in [5.74, 6) is -0.129. The van der Waals surface area contributed by atoms with Crippen molar-refractivity contribution >= 4 is 21.7 Å². The van der Waals surface area contributed by atoms with E-state index in [9.17, 15) is 4.79 Å². The lowest BCUT2D eigenvalue weighted by Crippen LogP contribution is -2.11. The first kappa shape index (κ1) is 12.0. The number of halogens is 1. The Bertz CT molecular complexity index is 525. The van der Waals surface area contributed by atoms with Crippen LogP contribution in [-0.4, -0.2) is 10.8 Å². The standard InChI is InChI=1S/C14H12BrNO/c1-10(11-6-3-2-4-7-11)14(17)12-8-5-9-13(15)16-12/h2-10H,1H3/t10-/m1/s1. The number of hydrogen-bond acceptors (Lipinski definition) is 2. The van der Waals surface area contributed by atoms with Crippen molar-refractivity contribution in [3.05, 3.63) is 64.4 Å². The molecule has 0 bridgehead atoms. The van der Waals surface area contributed by atoms with Crippen LogP contribution in [0.25, 0.3) is 0 Å². The molecular weight excluding hydrogens is 278 g/mol. The van der Waals surface area contributed by atoms with Crippen molar-refractivity contribution < 1.29 is 4.79 Å². The lowest BCUT2D eigenvalue weighted by atomic mass is 9.95. The molecule has 2 nitrogen and oxygen atoms in total. The van der Waals surface area contributed by atoms with Gasteiger partial charge < -0.3 is 0 Å². The quantitative estimate of drug-likeness (QED) is 0.635. The molecule has 17 heavy (non-hydrogen) atoms. The summed E-state index contributed by atoms with van der Waals surface area (Å²) in [5, 5.41) is 0. The second-order valence-electron chi connectivity index (χ2n) is 3.84. The average molecular weight is 290 g/mol. The van der Waals surface area contributed by atoms with Gasteiger partial charge in [-0.15, -0.1) is 0 Å². The first-order valence-corrected chi connectivity index (χ1v) is 6.19. The third-order valence-corrected chi connectivity index (χ3v) is 3.10. The van der Waals surface area contributed by atoms with E-state index in [4.69, 9.17) is 0 Å². The van der Waals surface area contributed by atoms with Crippen molar-refractivity contribution in [1.82, 2.24) is 4.98 Å². The topological polar surface area (TPSA) is 30.0 Å². The minimum Gasteiger partial charge on any atom is -0.292 e. The summed E-state index contributed by atoms with van der Waals surface area (Å²) < 4.78 is 0.684. The molecule has 0 amide bonds. The van der Waals surface area contributed by atoms with Gasteiger partial charge in [0.2, 0.25) is 0 Å². The molecule has 1 atom stereocenters. The molecular formula is C14H12BrNO. The summed E-state index contributed by atoms with van der Waals surface area (Å²) in [5.41, 5.74) is 1.51. The number of rotatable bonds is 3. The van der Waals surface area contributed by atoms with Crippen LogP contribution in [0.3, 0.4) is 0 Å². The average Bonchev–Trinajstić information content (AvgIpc) is 2.38. The molecule has 0 aliphatic rings. The Balaban J connectivity index is 2.27. The van der Waals surface area contributed by atoms with Gasteiger partial charge in [0, 0.05) is 5.92 Å². The third-order valence-electron chi connectivity index (χ3n) is 2.66. The Morgan fingerprint density at radius 1 is 1.12 bits per heavy atom. The Morgan fingerprint density at radius 3 is 2.47 bits per heavy atom. The number of ketones is 1. The van der Waals surface area contributed by atoms with Crippen LogP contribution >= 0.6 is 15.9 Å². The summed E-state index contributed by atoms with van der Waals surface area (Å²) >= 11 is 3.27. The highest BCUT2D eigenvalue weighted by molar-refractivity contribution is 9.10. The van der Waals surface area contributed by atoms with Crippen LogP contribution in [0.2, 0.25) is 0 Å². The van der Waals surface area contributed by atoms with E-state index >= 15 is 0 Å². The predicted molar refractivity (Wildman–Crippen MR) is 71.1 cm³/mol. The zero-order valence-electron chi connectivity index (χ0n) is 9.43. The van der Waals surface area contributed by atoms with Gasteiger partial charge in [0.15, 0.2) is 5.78 Å². The lowest BCUT2D eigenvalue weighted by molar-refractivity contribution is 0.0961. The van der Waals surface area contributed by atoms with Gasteiger partial charge in [0.1, 0.15) is 10.3 Å². The van der Waals surface area contributed by atoms with Crippen molar-refractivity contribution in [3.8, 4) is 0 Å². The van der Waals surface area contributed by atoms with Crippen LogP contribution in [0.1, 0.15) is 28.9 Å². The fraction of sp³-hybridized carbons (Fsp3) is 0.143. The van der Waals surface area contributed by atoms with E-state index in [2.05, 4.69) is 20.9 Å². The van der Waals surface area contributed by atoms with Crippen LogP contribution in [0, 0.1) is 0 Å². The molecule has 1 aromatic carbocycles. The molecule has 0 unspecified atom stereocenters. The first-order valence-electron chi connectivity index (χ1n) is 5.40. The number of benzene rings is 1. The van der Waals surface area contributed by atoms with E-state index in [0.717, 1.165) is 5.56 Å². The van der Waals surface area contributed by atoms with E-state index in [1.54, 1.807) is 6.07 Å². The molecule has 0 spiro atoms. The highest BCUT2D eigenvalue weighted by Gasteiger charge is 2.17. The summed E-state index contributed by atoms with van der Waals surface area (Å²) in [6.07, 6.45) is 0. The van der Waals surface area contributed by atoms with E-state index in [1.165, 1.54) is 0 Å². The molecule has 0 saturated carbocycles. The Labute approximate surface area is 109 Å². The van der Waals surface area contributed by atoms with Crippen LogP contribution in [-0.2, 0) is 0 Å². The maximum Gasteiger partial charge on any atom is 0.188 e. The van der Waals surface area contributed by atoms with Crippen molar-refractivity contribution in [1.29, 1.82) is 0 Å². The van der Waals surface area contributed by atoms with Crippen molar-refractivity contribution in [2.75, 3.05) is 0 Å². The summed E-state index contributed by atoms with van der Waals surface area (Å²) in [6, 6.07) is 15.1. The van der Waals surface area contributed by atoms with E-state index in [0.29, 0.717) is 10.3 Å². The highest BCUT2D eigenvalue weighted by Crippen LogP contribution is 2.20. The molecule has 0 N–H and O–H groups in total. The Kier molecular flexibility index (Phi) is 3.69. The normalized spacial score (nSPS) is 12.1. The number of hydrogen-bond donors (Lipinski definition) is 0. The van der Waals surface area contributed by atoms with Gasteiger partial charge in [-0.25, -0.2) is 4.98 Å². The number of aromatic nitrogens is 1. The molecule has 1 aromatic heterocycles. The minimum absolute atomic E-state index is 0.0394. The molecule has 0 fully saturated rings. The highest BCUT2D eigenvalue weighted by atomic mass is 79.9. The van der Waals surface area contributed by atoms with E-state index in [-0.39, 0.29) is 11.7 Å². The van der Waals surface area contributed by atoms with E-state index < -0.39 is 0 Å². The van der Waals surface area contributed by atoms with Gasteiger partial charge in [-0.3, -0.25) is 4.79 Å². The van der Waals surface area contributed by atoms with Gasteiger partial charge in [-0.1, -0.05) is 43.3 Å². The minimum atomic E-state index is -0.169. The summed E-state index contributed by atoms with van der Waals surface area (Å²) in [7, 11) is 0. The lowest BCUT2D eigenvalue weighted by Gasteiger charge is -2.10. The molecule has 2 aromatic rings. The van der Waals surface area contributed by atoms with Crippen LogP contribution in [0.4, 0.5) is 0 Å². The molecule has 0 radical (unpaired) electrons. The molecule has 0 aliphatic carbocycles. The fourth-order valence-electron chi connectivity index (χ4n) is 1.66. The third kappa shape index (κ3) is 2.80. The monoisotopic (exact) mass is 289 g/mol. The van der Waals surface area contributed by atoms with Crippen LogP contribution in [0.15, 0.2) is 53.1 Å². The molecule has 86 valence electrons. The van der Waals surface area contributed by atoms with Gasteiger partial charge in [0.25, 0.3) is 0 Å². The molecule has 1 heterocycles. The fourth-order valence-corrected chi connectivity index (χ4v) is 2.00. The first-order chi connectivity index (χ1) is 8.18. The van der Waals surface area contributed by atoms with Crippen molar-refractivity contribution in [2.45, 2.75) is 12.8 Å².